The summed E-state index contributed by atoms with van der Waals surface area (Å²) in [5.74, 6) is 4.74. The zero-order valence-corrected chi connectivity index (χ0v) is 11.4. The van der Waals surface area contributed by atoms with Crippen molar-refractivity contribution in [3.05, 3.63) is 22.2 Å². The Hall–Kier alpha value is -1.14. The van der Waals surface area contributed by atoms with E-state index >= 15 is 0 Å². The molecule has 0 spiro atoms. The van der Waals surface area contributed by atoms with Gasteiger partial charge in [0.25, 0.3) is 0 Å². The molecule has 0 radical (unpaired) electrons. The van der Waals surface area contributed by atoms with E-state index in [1.54, 1.807) is 7.11 Å². The summed E-state index contributed by atoms with van der Waals surface area (Å²) < 4.78 is 11.9. The second-order valence-electron chi connectivity index (χ2n) is 4.21. The summed E-state index contributed by atoms with van der Waals surface area (Å²) in [4.78, 5) is 0. The Kier molecular flexibility index (Phi) is 3.96. The van der Waals surface area contributed by atoms with Crippen LogP contribution in [0, 0.1) is 18.3 Å². The molecule has 0 aliphatic heterocycles. The molecule has 90 valence electrons. The van der Waals surface area contributed by atoms with Gasteiger partial charge in [-0.1, -0.05) is 12.3 Å². The molecule has 1 fully saturated rings. The maximum Gasteiger partial charge on any atom is 0.176 e. The van der Waals surface area contributed by atoms with E-state index in [9.17, 15) is 0 Å². The summed E-state index contributed by atoms with van der Waals surface area (Å²) >= 11 is 3.48. The van der Waals surface area contributed by atoms with E-state index in [2.05, 4.69) is 21.9 Å². The van der Waals surface area contributed by atoms with Gasteiger partial charge >= 0.3 is 0 Å². The van der Waals surface area contributed by atoms with Crippen LogP contribution in [0.25, 0.3) is 0 Å². The Balaban J connectivity index is 2.19. The lowest BCUT2D eigenvalue weighted by molar-refractivity contribution is 0.175. The molecule has 1 saturated carbocycles. The predicted octanol–water partition coefficient (Wildman–Crippen LogP) is 3.62. The van der Waals surface area contributed by atoms with Crippen LogP contribution in [-0.4, -0.2) is 13.7 Å². The third kappa shape index (κ3) is 2.58. The van der Waals surface area contributed by atoms with Crippen LogP contribution in [0.2, 0.25) is 0 Å². The van der Waals surface area contributed by atoms with Crippen molar-refractivity contribution in [2.45, 2.75) is 19.3 Å². The standard InChI is InChI=1S/C14H15BrO2/c1-3-11-7-8-12(16-2)14(13(11)15)17-9-10-5-4-6-10/h1,7-8,10H,4-6,9H2,2H3. The third-order valence-electron chi connectivity index (χ3n) is 3.12. The molecule has 1 aliphatic rings. The van der Waals surface area contributed by atoms with Crippen molar-refractivity contribution >= 4 is 15.9 Å². The van der Waals surface area contributed by atoms with Crippen LogP contribution < -0.4 is 9.47 Å². The van der Waals surface area contributed by atoms with Crippen LogP contribution in [0.1, 0.15) is 24.8 Å². The van der Waals surface area contributed by atoms with Gasteiger partial charge in [-0.25, -0.2) is 0 Å². The Labute approximate surface area is 110 Å². The van der Waals surface area contributed by atoms with E-state index in [4.69, 9.17) is 15.9 Å². The van der Waals surface area contributed by atoms with Crippen LogP contribution in [0.5, 0.6) is 11.5 Å². The molecule has 0 bridgehead atoms. The summed E-state index contributed by atoms with van der Waals surface area (Å²) in [6.45, 7) is 0.739. The minimum atomic E-state index is 0.682. The lowest BCUT2D eigenvalue weighted by Crippen LogP contribution is -2.19. The van der Waals surface area contributed by atoms with E-state index < -0.39 is 0 Å². The van der Waals surface area contributed by atoms with Gasteiger partial charge in [-0.2, -0.15) is 0 Å². The summed E-state index contributed by atoms with van der Waals surface area (Å²) in [6.07, 6.45) is 9.26. The fourth-order valence-corrected chi connectivity index (χ4v) is 2.36. The zero-order chi connectivity index (χ0) is 12.3. The largest absolute Gasteiger partial charge is 0.493 e. The highest BCUT2D eigenvalue weighted by molar-refractivity contribution is 9.10. The first-order valence-electron chi connectivity index (χ1n) is 5.72. The highest BCUT2D eigenvalue weighted by Crippen LogP contribution is 2.38. The maximum atomic E-state index is 5.84. The average Bonchev–Trinajstić information content (AvgIpc) is 2.28. The van der Waals surface area contributed by atoms with Crippen molar-refractivity contribution in [3.8, 4) is 23.8 Å². The first-order chi connectivity index (χ1) is 8.26. The molecule has 0 heterocycles. The van der Waals surface area contributed by atoms with Gasteiger partial charge in [0.2, 0.25) is 0 Å². The van der Waals surface area contributed by atoms with Crippen molar-refractivity contribution < 1.29 is 9.47 Å². The molecule has 1 aromatic rings. The van der Waals surface area contributed by atoms with E-state index in [0.29, 0.717) is 5.92 Å². The monoisotopic (exact) mass is 294 g/mol. The van der Waals surface area contributed by atoms with Gasteiger partial charge in [0.05, 0.1) is 18.2 Å². The molecule has 0 unspecified atom stereocenters. The third-order valence-corrected chi connectivity index (χ3v) is 3.91. The molecule has 1 aliphatic carbocycles. The molecule has 2 rings (SSSR count). The topological polar surface area (TPSA) is 18.5 Å². The van der Waals surface area contributed by atoms with Gasteiger partial charge in [-0.3, -0.25) is 0 Å². The van der Waals surface area contributed by atoms with Gasteiger partial charge in [-0.05, 0) is 46.8 Å². The molecule has 0 N–H and O–H groups in total. The highest BCUT2D eigenvalue weighted by Gasteiger charge is 2.20. The second kappa shape index (κ2) is 5.46. The minimum absolute atomic E-state index is 0.682. The van der Waals surface area contributed by atoms with Gasteiger partial charge in [0.15, 0.2) is 11.5 Å². The van der Waals surface area contributed by atoms with Crippen LogP contribution in [0.15, 0.2) is 16.6 Å². The number of rotatable bonds is 4. The first-order valence-corrected chi connectivity index (χ1v) is 6.51. The fourth-order valence-electron chi connectivity index (χ4n) is 1.81. The summed E-state index contributed by atoms with van der Waals surface area (Å²) in [7, 11) is 1.63. The molecule has 0 saturated heterocycles. The highest BCUT2D eigenvalue weighted by atomic mass is 79.9. The van der Waals surface area contributed by atoms with Crippen molar-refractivity contribution in [2.75, 3.05) is 13.7 Å². The van der Waals surface area contributed by atoms with Crippen molar-refractivity contribution in [3.63, 3.8) is 0 Å². The van der Waals surface area contributed by atoms with Crippen LogP contribution in [0.3, 0.4) is 0 Å². The predicted molar refractivity (Wildman–Crippen MR) is 71.5 cm³/mol. The zero-order valence-electron chi connectivity index (χ0n) is 9.83. The molecular weight excluding hydrogens is 280 g/mol. The molecule has 3 heteroatoms. The SMILES string of the molecule is C#Cc1ccc(OC)c(OCC2CCC2)c1Br. The number of ether oxygens (including phenoxy) is 2. The number of terminal acetylenes is 1. The van der Waals surface area contributed by atoms with Crippen LogP contribution >= 0.6 is 15.9 Å². The number of hydrogen-bond donors (Lipinski definition) is 0. The maximum absolute atomic E-state index is 5.84. The number of hydrogen-bond acceptors (Lipinski definition) is 2. The van der Waals surface area contributed by atoms with E-state index in [1.165, 1.54) is 19.3 Å². The number of halogens is 1. The van der Waals surface area contributed by atoms with Crippen molar-refractivity contribution in [2.24, 2.45) is 5.92 Å². The van der Waals surface area contributed by atoms with Gasteiger partial charge in [0.1, 0.15) is 0 Å². The van der Waals surface area contributed by atoms with Crippen molar-refractivity contribution in [1.82, 2.24) is 0 Å². The summed E-state index contributed by atoms with van der Waals surface area (Å²) in [5, 5.41) is 0. The average molecular weight is 295 g/mol. The van der Waals surface area contributed by atoms with E-state index in [-0.39, 0.29) is 0 Å². The molecule has 1 aromatic carbocycles. The minimum Gasteiger partial charge on any atom is -0.493 e. The molecule has 17 heavy (non-hydrogen) atoms. The van der Waals surface area contributed by atoms with Crippen molar-refractivity contribution in [1.29, 1.82) is 0 Å². The Morgan fingerprint density at radius 2 is 2.24 bits per heavy atom. The molecule has 0 atom stereocenters. The summed E-state index contributed by atoms with van der Waals surface area (Å²) in [5.41, 5.74) is 0.786. The Bertz CT molecular complexity index is 444. The summed E-state index contributed by atoms with van der Waals surface area (Å²) in [6, 6.07) is 3.69. The number of benzene rings is 1. The lowest BCUT2D eigenvalue weighted by atomic mass is 9.86. The fraction of sp³-hybridized carbons (Fsp3) is 0.429. The lowest BCUT2D eigenvalue weighted by Gasteiger charge is -2.26. The number of methoxy groups -OCH3 is 1. The molecule has 2 nitrogen and oxygen atoms in total. The van der Waals surface area contributed by atoms with Gasteiger partial charge < -0.3 is 9.47 Å². The van der Waals surface area contributed by atoms with Crippen LogP contribution in [0.4, 0.5) is 0 Å². The smallest absolute Gasteiger partial charge is 0.176 e. The normalized spacial score (nSPS) is 14.9. The van der Waals surface area contributed by atoms with Gasteiger partial charge in [-0.15, -0.1) is 6.42 Å². The van der Waals surface area contributed by atoms with E-state index in [1.807, 2.05) is 12.1 Å². The van der Waals surface area contributed by atoms with Gasteiger partial charge in [0, 0.05) is 5.56 Å². The Morgan fingerprint density at radius 1 is 1.47 bits per heavy atom. The molecule has 0 aromatic heterocycles. The van der Waals surface area contributed by atoms with Crippen LogP contribution in [-0.2, 0) is 0 Å². The molecule has 0 amide bonds. The first kappa shape index (κ1) is 12.3. The Morgan fingerprint density at radius 3 is 2.76 bits per heavy atom. The second-order valence-corrected chi connectivity index (χ2v) is 5.00. The van der Waals surface area contributed by atoms with E-state index in [0.717, 1.165) is 28.1 Å². The molecular formula is C14H15BrO2. The quantitative estimate of drug-likeness (QED) is 0.790.